The number of carbonyl (C=O) groups excluding carboxylic acids is 1. The van der Waals surface area contributed by atoms with Gasteiger partial charge in [-0.25, -0.2) is 0 Å². The molecule has 1 amide bonds. The van der Waals surface area contributed by atoms with Gasteiger partial charge in [-0.05, 0) is 36.3 Å². The van der Waals surface area contributed by atoms with E-state index in [1.54, 1.807) is 18.6 Å². The first kappa shape index (κ1) is 19.4. The van der Waals surface area contributed by atoms with E-state index >= 15 is 0 Å². The molecule has 2 N–H and O–H groups in total. The fourth-order valence-corrected chi connectivity index (χ4v) is 3.35. The maximum atomic E-state index is 11.3. The smallest absolute Gasteiger partial charge is 0.243 e. The van der Waals surface area contributed by atoms with E-state index in [1.165, 1.54) is 6.08 Å². The van der Waals surface area contributed by atoms with Crippen LogP contribution < -0.4 is 10.1 Å². The monoisotopic (exact) mass is 398 g/mol. The Morgan fingerprint density at radius 1 is 1.13 bits per heavy atom. The van der Waals surface area contributed by atoms with Gasteiger partial charge in [0, 0.05) is 30.1 Å². The maximum absolute atomic E-state index is 11.3. The topological polar surface area (TPSA) is 79.9 Å². The normalized spacial score (nSPS) is 10.7. The summed E-state index contributed by atoms with van der Waals surface area (Å²) in [6.45, 7) is 4.42. The van der Waals surface area contributed by atoms with Gasteiger partial charge < -0.3 is 15.0 Å². The molecule has 6 nitrogen and oxygen atoms in total. The van der Waals surface area contributed by atoms with Gasteiger partial charge >= 0.3 is 0 Å². The Morgan fingerprint density at radius 2 is 2.00 bits per heavy atom. The van der Waals surface area contributed by atoms with Crippen LogP contribution in [0.5, 0.6) is 5.75 Å². The predicted octanol–water partition coefficient (Wildman–Crippen LogP) is 4.36. The molecule has 1 aromatic carbocycles. The summed E-state index contributed by atoms with van der Waals surface area (Å²) in [5, 5.41) is 2.75. The van der Waals surface area contributed by atoms with Crippen molar-refractivity contribution in [2.45, 2.75) is 6.42 Å². The van der Waals surface area contributed by atoms with Crippen molar-refractivity contribution in [3.8, 4) is 28.1 Å². The minimum atomic E-state index is -0.185. The third kappa shape index (κ3) is 4.07. The van der Waals surface area contributed by atoms with Crippen molar-refractivity contribution in [1.29, 1.82) is 0 Å². The van der Waals surface area contributed by atoms with E-state index in [1.807, 2.05) is 36.4 Å². The van der Waals surface area contributed by atoms with Gasteiger partial charge in [-0.15, -0.1) is 0 Å². The number of nitrogens with zero attached hydrogens (tertiary/aromatic N) is 2. The highest BCUT2D eigenvalue weighted by molar-refractivity contribution is 6.02. The highest BCUT2D eigenvalue weighted by Gasteiger charge is 2.18. The number of hydrogen-bond acceptors (Lipinski definition) is 4. The Bertz CT molecular complexity index is 1170. The second-order valence-corrected chi connectivity index (χ2v) is 6.71. The minimum Gasteiger partial charge on any atom is -0.491 e. The Kier molecular flexibility index (Phi) is 5.85. The number of H-pyrrole nitrogens is 1. The third-order valence-corrected chi connectivity index (χ3v) is 4.73. The van der Waals surface area contributed by atoms with Crippen molar-refractivity contribution in [3.63, 3.8) is 0 Å². The zero-order valence-corrected chi connectivity index (χ0v) is 16.5. The molecule has 0 saturated carbocycles. The number of pyridine rings is 2. The van der Waals surface area contributed by atoms with Gasteiger partial charge in [0.15, 0.2) is 0 Å². The van der Waals surface area contributed by atoms with E-state index in [0.717, 1.165) is 33.4 Å². The van der Waals surface area contributed by atoms with Crippen LogP contribution in [0.15, 0.2) is 79.8 Å². The first-order valence-electron chi connectivity index (χ1n) is 9.77. The molecule has 30 heavy (non-hydrogen) atoms. The molecule has 0 radical (unpaired) electrons. The first-order chi connectivity index (χ1) is 14.8. The third-order valence-electron chi connectivity index (χ3n) is 4.73. The lowest BCUT2D eigenvalue weighted by atomic mass is 10.0. The summed E-state index contributed by atoms with van der Waals surface area (Å²) in [5.41, 5.74) is 5.83. The second-order valence-electron chi connectivity index (χ2n) is 6.71. The summed E-state index contributed by atoms with van der Waals surface area (Å²) in [6, 6.07) is 16.0. The zero-order chi connectivity index (χ0) is 20.8. The lowest BCUT2D eigenvalue weighted by Crippen LogP contribution is -2.23. The summed E-state index contributed by atoms with van der Waals surface area (Å²) >= 11 is 0. The van der Waals surface area contributed by atoms with Crippen molar-refractivity contribution in [2.24, 2.45) is 0 Å². The molecular formula is C24H22N4O2. The largest absolute Gasteiger partial charge is 0.491 e. The number of ether oxygens (including phenoxy) is 1. The van der Waals surface area contributed by atoms with Gasteiger partial charge in [-0.1, -0.05) is 36.9 Å². The Labute approximate surface area is 174 Å². The molecule has 0 atom stereocenters. The number of carbonyl (C=O) groups is 1. The number of hydrogen-bond donors (Lipinski definition) is 2. The molecule has 0 aliphatic carbocycles. The molecular weight excluding hydrogens is 376 g/mol. The Hall–Kier alpha value is -3.93. The second kappa shape index (κ2) is 9.05. The van der Waals surface area contributed by atoms with Crippen LogP contribution in [0, 0.1) is 0 Å². The van der Waals surface area contributed by atoms with Crippen LogP contribution >= 0.6 is 0 Å². The van der Waals surface area contributed by atoms with E-state index < -0.39 is 0 Å². The number of fused-ring (bicyclic) bond motifs is 1. The number of aromatic amines is 1. The van der Waals surface area contributed by atoms with Gasteiger partial charge in [0.05, 0.1) is 29.5 Å². The summed E-state index contributed by atoms with van der Waals surface area (Å²) in [5.74, 6) is 0.492. The average Bonchev–Trinajstić information content (AvgIpc) is 3.19. The lowest BCUT2D eigenvalue weighted by molar-refractivity contribution is -0.116. The molecule has 3 aromatic heterocycles. The molecule has 0 bridgehead atoms. The summed E-state index contributed by atoms with van der Waals surface area (Å²) < 4.78 is 6.01. The number of rotatable bonds is 8. The van der Waals surface area contributed by atoms with Crippen molar-refractivity contribution < 1.29 is 9.53 Å². The van der Waals surface area contributed by atoms with Gasteiger partial charge in [0.2, 0.25) is 5.91 Å². The molecule has 0 fully saturated rings. The van der Waals surface area contributed by atoms with Crippen molar-refractivity contribution in [3.05, 3.63) is 79.8 Å². The zero-order valence-electron chi connectivity index (χ0n) is 16.5. The number of nitrogens with one attached hydrogen (secondary N) is 2. The molecule has 4 aromatic rings. The van der Waals surface area contributed by atoms with E-state index in [4.69, 9.17) is 4.74 Å². The van der Waals surface area contributed by atoms with Gasteiger partial charge in [-0.2, -0.15) is 0 Å². The Balaban J connectivity index is 1.66. The van der Waals surface area contributed by atoms with Gasteiger partial charge in [0.1, 0.15) is 5.75 Å². The van der Waals surface area contributed by atoms with E-state index in [9.17, 15) is 4.79 Å². The number of aromatic nitrogens is 3. The van der Waals surface area contributed by atoms with Crippen molar-refractivity contribution in [2.75, 3.05) is 13.2 Å². The Morgan fingerprint density at radius 3 is 2.83 bits per heavy atom. The molecule has 0 spiro atoms. The molecule has 4 rings (SSSR count). The standard InChI is InChI=1S/C24H22N4O2/c1-2-21(29)26-13-7-15-30-20-16-25-14-11-18(20)23-22(17-8-4-3-5-9-17)24-19(28-23)10-6-12-27-24/h2-6,8-12,14,16,28H,1,7,13,15H2,(H,26,29). The summed E-state index contributed by atoms with van der Waals surface area (Å²) in [7, 11) is 0. The number of amides is 1. The summed E-state index contributed by atoms with van der Waals surface area (Å²) in [6.07, 6.45) is 7.20. The molecule has 0 unspecified atom stereocenters. The predicted molar refractivity (Wildman–Crippen MR) is 118 cm³/mol. The average molecular weight is 398 g/mol. The van der Waals surface area contributed by atoms with Crippen LogP contribution in [-0.4, -0.2) is 34.0 Å². The fourth-order valence-electron chi connectivity index (χ4n) is 3.35. The molecule has 3 heterocycles. The molecule has 150 valence electrons. The van der Waals surface area contributed by atoms with Gasteiger partial charge in [-0.3, -0.25) is 14.8 Å². The van der Waals surface area contributed by atoms with E-state index in [0.29, 0.717) is 25.3 Å². The van der Waals surface area contributed by atoms with Crippen LogP contribution in [0.3, 0.4) is 0 Å². The lowest BCUT2D eigenvalue weighted by Gasteiger charge is -2.12. The maximum Gasteiger partial charge on any atom is 0.243 e. The molecule has 0 aliphatic rings. The van der Waals surface area contributed by atoms with Crippen LogP contribution in [0.25, 0.3) is 33.4 Å². The SMILES string of the molecule is C=CC(=O)NCCCOc1cnccc1-c1[nH]c2cccnc2c1-c1ccccc1. The highest BCUT2D eigenvalue weighted by Crippen LogP contribution is 2.40. The van der Waals surface area contributed by atoms with Crippen LogP contribution in [-0.2, 0) is 4.79 Å². The van der Waals surface area contributed by atoms with Crippen LogP contribution in [0.2, 0.25) is 0 Å². The quantitative estimate of drug-likeness (QED) is 0.341. The van der Waals surface area contributed by atoms with Crippen LogP contribution in [0.1, 0.15) is 6.42 Å². The summed E-state index contributed by atoms with van der Waals surface area (Å²) in [4.78, 5) is 23.6. The molecule has 0 aliphatic heterocycles. The highest BCUT2D eigenvalue weighted by atomic mass is 16.5. The van der Waals surface area contributed by atoms with Crippen molar-refractivity contribution in [1.82, 2.24) is 20.3 Å². The van der Waals surface area contributed by atoms with Crippen LogP contribution in [0.4, 0.5) is 0 Å². The molecule has 0 saturated heterocycles. The van der Waals surface area contributed by atoms with E-state index in [-0.39, 0.29) is 5.91 Å². The van der Waals surface area contributed by atoms with Gasteiger partial charge in [0.25, 0.3) is 0 Å². The fraction of sp³-hybridized carbons (Fsp3) is 0.125. The van der Waals surface area contributed by atoms with Crippen molar-refractivity contribution >= 4 is 16.9 Å². The van der Waals surface area contributed by atoms with E-state index in [2.05, 4.69) is 39.0 Å². The first-order valence-corrected chi connectivity index (χ1v) is 9.77. The minimum absolute atomic E-state index is 0.185. The molecule has 6 heteroatoms. The number of benzene rings is 1.